The first kappa shape index (κ1) is 15.3. The van der Waals surface area contributed by atoms with E-state index < -0.39 is 5.97 Å². The molecule has 0 spiro atoms. The Bertz CT molecular complexity index is 447. The van der Waals surface area contributed by atoms with Gasteiger partial charge in [0.15, 0.2) is 0 Å². The van der Waals surface area contributed by atoms with Crippen molar-refractivity contribution in [1.82, 2.24) is 0 Å². The molecule has 0 heterocycles. The van der Waals surface area contributed by atoms with Gasteiger partial charge in [-0.05, 0) is 38.0 Å². The number of hydrogen-bond donors (Lipinski definition) is 2. The number of esters is 1. The summed E-state index contributed by atoms with van der Waals surface area (Å²) in [5.74, 6) is -0.430. The number of methoxy groups -OCH3 is 1. The molecule has 19 heavy (non-hydrogen) atoms. The highest BCUT2D eigenvalue weighted by Gasteiger charge is 2.15. The monoisotopic (exact) mass is 266 g/mol. The van der Waals surface area contributed by atoms with Gasteiger partial charge in [0.25, 0.3) is 0 Å². The first-order chi connectivity index (χ1) is 9.04. The van der Waals surface area contributed by atoms with E-state index in [-0.39, 0.29) is 6.61 Å². The van der Waals surface area contributed by atoms with Crippen molar-refractivity contribution in [3.05, 3.63) is 23.3 Å². The molecule has 0 amide bonds. The second-order valence-electron chi connectivity index (χ2n) is 4.37. The molecule has 1 aromatic rings. The summed E-state index contributed by atoms with van der Waals surface area (Å²) in [5.41, 5.74) is 8.52. The van der Waals surface area contributed by atoms with Crippen LogP contribution < -0.4 is 10.6 Å². The minimum atomic E-state index is -0.430. The van der Waals surface area contributed by atoms with E-state index in [1.165, 1.54) is 7.11 Å². The molecule has 1 rings (SSSR count). The number of ether oxygens (including phenoxy) is 1. The van der Waals surface area contributed by atoms with Gasteiger partial charge in [-0.3, -0.25) is 0 Å². The summed E-state index contributed by atoms with van der Waals surface area (Å²) in [5, 5.41) is 8.92. The molecule has 1 aromatic carbocycles. The maximum absolute atomic E-state index is 11.7. The summed E-state index contributed by atoms with van der Waals surface area (Å²) in [4.78, 5) is 13.8. The van der Waals surface area contributed by atoms with Crippen LogP contribution in [-0.2, 0) is 4.74 Å². The van der Waals surface area contributed by atoms with Gasteiger partial charge in [-0.15, -0.1) is 0 Å². The van der Waals surface area contributed by atoms with Crippen LogP contribution in [0.3, 0.4) is 0 Å². The number of benzene rings is 1. The maximum Gasteiger partial charge on any atom is 0.340 e. The number of aryl methyl sites for hydroxylation is 1. The molecule has 0 aliphatic carbocycles. The Morgan fingerprint density at radius 3 is 2.68 bits per heavy atom. The summed E-state index contributed by atoms with van der Waals surface area (Å²) < 4.78 is 4.74. The zero-order valence-electron chi connectivity index (χ0n) is 11.8. The number of nitrogens with zero attached hydrogens (tertiary/aromatic N) is 1. The van der Waals surface area contributed by atoms with Crippen LogP contribution in [0.2, 0.25) is 0 Å². The average Bonchev–Trinajstić information content (AvgIpc) is 2.42. The van der Waals surface area contributed by atoms with Crippen LogP contribution in [0.5, 0.6) is 0 Å². The zero-order chi connectivity index (χ0) is 14.4. The fourth-order valence-corrected chi connectivity index (χ4v) is 1.97. The van der Waals surface area contributed by atoms with Crippen LogP contribution >= 0.6 is 0 Å². The van der Waals surface area contributed by atoms with E-state index in [1.807, 2.05) is 19.9 Å². The molecule has 0 bridgehead atoms. The topological polar surface area (TPSA) is 75.8 Å². The number of aliphatic hydroxyl groups is 1. The van der Waals surface area contributed by atoms with Crippen LogP contribution in [0.15, 0.2) is 12.1 Å². The summed E-state index contributed by atoms with van der Waals surface area (Å²) in [6.45, 7) is 5.57. The third-order valence-corrected chi connectivity index (χ3v) is 3.11. The first-order valence-corrected chi connectivity index (χ1v) is 6.39. The fourth-order valence-electron chi connectivity index (χ4n) is 1.97. The molecule has 0 radical (unpaired) electrons. The van der Waals surface area contributed by atoms with Crippen molar-refractivity contribution >= 4 is 17.3 Å². The predicted octanol–water partition coefficient (Wildman–Crippen LogP) is 1.57. The lowest BCUT2D eigenvalue weighted by molar-refractivity contribution is 0.0602. The number of carbonyl (C=O) groups excluding carboxylic acids is 1. The Labute approximate surface area is 114 Å². The van der Waals surface area contributed by atoms with Gasteiger partial charge in [0.2, 0.25) is 0 Å². The lowest BCUT2D eigenvalue weighted by Crippen LogP contribution is -2.25. The first-order valence-electron chi connectivity index (χ1n) is 6.39. The van der Waals surface area contributed by atoms with Crippen molar-refractivity contribution in [3.63, 3.8) is 0 Å². The van der Waals surface area contributed by atoms with Crippen molar-refractivity contribution in [2.45, 2.75) is 20.3 Å². The van der Waals surface area contributed by atoms with Crippen LogP contribution in [0.25, 0.3) is 0 Å². The van der Waals surface area contributed by atoms with Gasteiger partial charge in [0, 0.05) is 31.1 Å². The third kappa shape index (κ3) is 3.61. The molecule has 5 nitrogen and oxygen atoms in total. The van der Waals surface area contributed by atoms with Gasteiger partial charge in [-0.1, -0.05) is 0 Å². The molecule has 0 saturated heterocycles. The molecular formula is C14H22N2O3. The molecule has 3 N–H and O–H groups in total. The van der Waals surface area contributed by atoms with Crippen LogP contribution in [-0.4, -0.2) is 37.9 Å². The SMILES string of the molecule is CCN(CCCO)c1cc(C)c(N)c(C(=O)OC)c1. The average molecular weight is 266 g/mol. The molecule has 0 atom stereocenters. The maximum atomic E-state index is 11.7. The standard InChI is InChI=1S/C14H22N2O3/c1-4-16(6-5-7-17)11-8-10(2)13(15)12(9-11)14(18)19-3/h8-9,17H,4-7,15H2,1-3H3. The van der Waals surface area contributed by atoms with Gasteiger partial charge >= 0.3 is 5.97 Å². The van der Waals surface area contributed by atoms with E-state index in [2.05, 4.69) is 4.90 Å². The number of hydrogen-bond acceptors (Lipinski definition) is 5. The molecule has 0 saturated carbocycles. The van der Waals surface area contributed by atoms with Crippen molar-refractivity contribution < 1.29 is 14.6 Å². The largest absolute Gasteiger partial charge is 0.465 e. The second-order valence-corrected chi connectivity index (χ2v) is 4.37. The molecule has 5 heteroatoms. The number of nitrogen functional groups attached to an aromatic ring is 1. The third-order valence-electron chi connectivity index (χ3n) is 3.11. The van der Waals surface area contributed by atoms with Gasteiger partial charge in [0.1, 0.15) is 0 Å². The van der Waals surface area contributed by atoms with E-state index in [9.17, 15) is 4.79 Å². The molecule has 0 fully saturated rings. The van der Waals surface area contributed by atoms with E-state index in [4.69, 9.17) is 15.6 Å². The smallest absolute Gasteiger partial charge is 0.340 e. The minimum Gasteiger partial charge on any atom is -0.465 e. The van der Waals surface area contributed by atoms with Gasteiger partial charge in [0.05, 0.1) is 12.7 Å². The van der Waals surface area contributed by atoms with Crippen molar-refractivity contribution in [1.29, 1.82) is 0 Å². The highest BCUT2D eigenvalue weighted by Crippen LogP contribution is 2.26. The number of aliphatic hydroxyl groups excluding tert-OH is 1. The summed E-state index contributed by atoms with van der Waals surface area (Å²) >= 11 is 0. The van der Waals surface area contributed by atoms with Crippen molar-refractivity contribution in [2.24, 2.45) is 0 Å². The van der Waals surface area contributed by atoms with Crippen LogP contribution in [0.1, 0.15) is 29.3 Å². The van der Waals surface area contributed by atoms with Gasteiger partial charge in [-0.2, -0.15) is 0 Å². The van der Waals surface area contributed by atoms with Crippen molar-refractivity contribution in [2.75, 3.05) is 37.4 Å². The summed E-state index contributed by atoms with van der Waals surface area (Å²) in [6.07, 6.45) is 0.685. The Kier molecular flexibility index (Phi) is 5.63. The fraction of sp³-hybridized carbons (Fsp3) is 0.500. The molecule has 0 unspecified atom stereocenters. The number of anilines is 2. The Balaban J connectivity index is 3.14. The summed E-state index contributed by atoms with van der Waals surface area (Å²) in [6, 6.07) is 3.69. The zero-order valence-corrected chi connectivity index (χ0v) is 11.8. The number of rotatable bonds is 6. The Hall–Kier alpha value is -1.75. The highest BCUT2D eigenvalue weighted by molar-refractivity contribution is 5.97. The second kappa shape index (κ2) is 6.99. The quantitative estimate of drug-likeness (QED) is 0.604. The Morgan fingerprint density at radius 2 is 2.16 bits per heavy atom. The van der Waals surface area contributed by atoms with Crippen molar-refractivity contribution in [3.8, 4) is 0 Å². The van der Waals surface area contributed by atoms with Crippen LogP contribution in [0.4, 0.5) is 11.4 Å². The van der Waals surface area contributed by atoms with Crippen LogP contribution in [0, 0.1) is 6.92 Å². The highest BCUT2D eigenvalue weighted by atomic mass is 16.5. The summed E-state index contributed by atoms with van der Waals surface area (Å²) in [7, 11) is 1.34. The van der Waals surface area contributed by atoms with Gasteiger partial charge < -0.3 is 20.5 Å². The molecule has 0 aliphatic heterocycles. The lowest BCUT2D eigenvalue weighted by atomic mass is 10.1. The Morgan fingerprint density at radius 1 is 1.47 bits per heavy atom. The molecular weight excluding hydrogens is 244 g/mol. The van der Waals surface area contributed by atoms with E-state index >= 15 is 0 Å². The molecule has 0 aromatic heterocycles. The predicted molar refractivity (Wildman–Crippen MR) is 76.5 cm³/mol. The molecule has 0 aliphatic rings. The number of nitrogens with two attached hydrogens (primary N) is 1. The lowest BCUT2D eigenvalue weighted by Gasteiger charge is -2.24. The van der Waals surface area contributed by atoms with E-state index in [0.717, 1.165) is 24.3 Å². The minimum absolute atomic E-state index is 0.147. The normalized spacial score (nSPS) is 10.3. The van der Waals surface area contributed by atoms with Gasteiger partial charge in [-0.25, -0.2) is 4.79 Å². The number of carbonyl (C=O) groups is 1. The molecule has 106 valence electrons. The van der Waals surface area contributed by atoms with E-state index in [0.29, 0.717) is 17.7 Å². The van der Waals surface area contributed by atoms with E-state index in [1.54, 1.807) is 6.07 Å².